The lowest BCUT2D eigenvalue weighted by atomic mass is 10.1. The van der Waals surface area contributed by atoms with Gasteiger partial charge in [0, 0.05) is 6.42 Å². The van der Waals surface area contributed by atoms with Gasteiger partial charge in [-0.2, -0.15) is 0 Å². The number of hydrogen-bond acceptors (Lipinski definition) is 3. The van der Waals surface area contributed by atoms with E-state index in [-0.39, 0.29) is 10.6 Å². The molecule has 0 amide bonds. The van der Waals surface area contributed by atoms with Crippen molar-refractivity contribution in [2.45, 2.75) is 31.5 Å². The quantitative estimate of drug-likeness (QED) is 0.342. The molecule has 0 radical (unpaired) electrons. The van der Waals surface area contributed by atoms with Crippen LogP contribution in [0, 0.1) is 0 Å². The Morgan fingerprint density at radius 3 is 2.55 bits per heavy atom. The van der Waals surface area contributed by atoms with Crippen molar-refractivity contribution in [1.82, 2.24) is 0 Å². The second kappa shape index (κ2) is 5.29. The molecule has 1 N–H and O–H groups in total. The SMILES string of the molecule is CC(CCC(=O)C(C)Br)=NO. The van der Waals surface area contributed by atoms with Crippen LogP contribution in [0.2, 0.25) is 0 Å². The van der Waals surface area contributed by atoms with Crippen LogP contribution in [0.4, 0.5) is 0 Å². The molecule has 0 saturated heterocycles. The highest BCUT2D eigenvalue weighted by molar-refractivity contribution is 9.10. The van der Waals surface area contributed by atoms with Crippen molar-refractivity contribution in [3.05, 3.63) is 0 Å². The van der Waals surface area contributed by atoms with Crippen LogP contribution in [-0.2, 0) is 4.79 Å². The van der Waals surface area contributed by atoms with E-state index in [0.717, 1.165) is 0 Å². The zero-order valence-electron chi connectivity index (χ0n) is 6.67. The molecule has 0 aliphatic rings. The lowest BCUT2D eigenvalue weighted by Gasteiger charge is -2.00. The molecule has 3 nitrogen and oxygen atoms in total. The van der Waals surface area contributed by atoms with Gasteiger partial charge < -0.3 is 5.21 Å². The lowest BCUT2D eigenvalue weighted by molar-refractivity contribution is -0.118. The summed E-state index contributed by atoms with van der Waals surface area (Å²) in [5, 5.41) is 11.2. The number of hydrogen-bond donors (Lipinski definition) is 1. The number of halogens is 1. The molecular weight excluding hydrogens is 210 g/mol. The summed E-state index contributed by atoms with van der Waals surface area (Å²) < 4.78 is 0. The number of carbonyl (C=O) groups excluding carboxylic acids is 1. The largest absolute Gasteiger partial charge is 0.411 e. The first kappa shape index (κ1) is 10.6. The number of Topliss-reactive ketones (excluding diaryl/α,β-unsaturated/α-hetero) is 1. The average Bonchev–Trinajstić information content (AvgIpc) is 1.99. The maximum atomic E-state index is 11.0. The minimum absolute atomic E-state index is 0.103. The standard InChI is InChI=1S/C7H12BrNO2/c1-5(9-11)3-4-7(10)6(2)8/h6,11H,3-4H2,1-2H3. The van der Waals surface area contributed by atoms with Crippen molar-refractivity contribution in [3.8, 4) is 0 Å². The van der Waals surface area contributed by atoms with E-state index in [4.69, 9.17) is 5.21 Å². The molecule has 0 aliphatic heterocycles. The van der Waals surface area contributed by atoms with Gasteiger partial charge in [0.1, 0.15) is 5.78 Å². The minimum atomic E-state index is -0.103. The van der Waals surface area contributed by atoms with E-state index >= 15 is 0 Å². The molecule has 0 aromatic rings. The molecule has 4 heteroatoms. The zero-order chi connectivity index (χ0) is 8.85. The Balaban J connectivity index is 3.63. The van der Waals surface area contributed by atoms with Crippen LogP contribution < -0.4 is 0 Å². The van der Waals surface area contributed by atoms with Crippen LogP contribution in [0.1, 0.15) is 26.7 Å². The molecule has 0 saturated carbocycles. The number of rotatable bonds is 4. The molecule has 0 spiro atoms. The third-order valence-electron chi connectivity index (χ3n) is 1.35. The summed E-state index contributed by atoms with van der Waals surface area (Å²) in [6.07, 6.45) is 0.966. The van der Waals surface area contributed by atoms with Gasteiger partial charge in [0.25, 0.3) is 0 Å². The third-order valence-corrected chi connectivity index (χ3v) is 1.86. The second-order valence-corrected chi connectivity index (χ2v) is 3.79. The predicted molar refractivity (Wildman–Crippen MR) is 47.5 cm³/mol. The molecule has 0 heterocycles. The molecule has 64 valence electrons. The van der Waals surface area contributed by atoms with Gasteiger partial charge in [-0.3, -0.25) is 4.79 Å². The Labute approximate surface area is 74.6 Å². The van der Waals surface area contributed by atoms with Gasteiger partial charge in [-0.05, 0) is 20.3 Å². The summed E-state index contributed by atoms with van der Waals surface area (Å²) in [5.41, 5.74) is 0.589. The normalized spacial score (nSPS) is 14.6. The minimum Gasteiger partial charge on any atom is -0.411 e. The highest BCUT2D eigenvalue weighted by atomic mass is 79.9. The Bertz CT molecular complexity index is 166. The number of ketones is 1. The maximum absolute atomic E-state index is 11.0. The lowest BCUT2D eigenvalue weighted by Crippen LogP contribution is -2.10. The van der Waals surface area contributed by atoms with Crippen molar-refractivity contribution in [1.29, 1.82) is 0 Å². The number of nitrogens with zero attached hydrogens (tertiary/aromatic N) is 1. The monoisotopic (exact) mass is 221 g/mol. The van der Waals surface area contributed by atoms with Crippen LogP contribution in [-0.4, -0.2) is 21.5 Å². The fraction of sp³-hybridized carbons (Fsp3) is 0.714. The molecule has 0 fully saturated rings. The fourth-order valence-electron chi connectivity index (χ4n) is 0.553. The van der Waals surface area contributed by atoms with E-state index in [1.54, 1.807) is 13.8 Å². The number of oxime groups is 1. The molecule has 1 unspecified atom stereocenters. The van der Waals surface area contributed by atoms with Gasteiger partial charge in [-0.1, -0.05) is 21.1 Å². The summed E-state index contributed by atoms with van der Waals surface area (Å²) in [4.78, 5) is 10.9. The molecule has 1 atom stereocenters. The third kappa shape index (κ3) is 4.95. The first-order valence-corrected chi connectivity index (χ1v) is 4.33. The van der Waals surface area contributed by atoms with Crippen molar-refractivity contribution < 1.29 is 10.0 Å². The predicted octanol–water partition coefficient (Wildman–Crippen LogP) is 1.97. The van der Waals surface area contributed by atoms with Crippen molar-refractivity contribution in [2.75, 3.05) is 0 Å². The van der Waals surface area contributed by atoms with Crippen LogP contribution in [0.5, 0.6) is 0 Å². The summed E-state index contributed by atoms with van der Waals surface area (Å²) in [5.74, 6) is 0.132. The van der Waals surface area contributed by atoms with Crippen LogP contribution in [0.25, 0.3) is 0 Å². The van der Waals surface area contributed by atoms with Gasteiger partial charge in [0.15, 0.2) is 0 Å². The van der Waals surface area contributed by atoms with Crippen LogP contribution >= 0.6 is 15.9 Å². The fourth-order valence-corrected chi connectivity index (χ4v) is 0.782. The van der Waals surface area contributed by atoms with Crippen molar-refractivity contribution >= 4 is 27.4 Å². The van der Waals surface area contributed by atoms with Crippen LogP contribution in [0.15, 0.2) is 5.16 Å². The molecule has 0 aromatic carbocycles. The Morgan fingerprint density at radius 2 is 2.18 bits per heavy atom. The van der Waals surface area contributed by atoms with Crippen LogP contribution in [0.3, 0.4) is 0 Å². The molecular formula is C7H12BrNO2. The van der Waals surface area contributed by atoms with E-state index in [1.165, 1.54) is 0 Å². The van der Waals surface area contributed by atoms with E-state index in [0.29, 0.717) is 18.6 Å². The van der Waals surface area contributed by atoms with Gasteiger partial charge in [-0.25, -0.2) is 0 Å². The molecule has 0 aromatic heterocycles. The second-order valence-electron chi connectivity index (χ2n) is 2.42. The van der Waals surface area contributed by atoms with E-state index in [2.05, 4.69) is 21.1 Å². The van der Waals surface area contributed by atoms with Gasteiger partial charge in [0.2, 0.25) is 0 Å². The number of carbonyl (C=O) groups is 1. The zero-order valence-corrected chi connectivity index (χ0v) is 8.26. The van der Waals surface area contributed by atoms with Gasteiger partial charge in [-0.15, -0.1) is 0 Å². The Kier molecular flexibility index (Phi) is 5.11. The van der Waals surface area contributed by atoms with Gasteiger partial charge in [0.05, 0.1) is 10.5 Å². The summed E-state index contributed by atoms with van der Waals surface area (Å²) in [6.45, 7) is 3.47. The molecule has 11 heavy (non-hydrogen) atoms. The summed E-state index contributed by atoms with van der Waals surface area (Å²) in [7, 11) is 0. The summed E-state index contributed by atoms with van der Waals surface area (Å²) >= 11 is 3.16. The molecule has 0 rings (SSSR count). The van der Waals surface area contributed by atoms with E-state index < -0.39 is 0 Å². The topological polar surface area (TPSA) is 49.7 Å². The Hall–Kier alpha value is -0.380. The van der Waals surface area contributed by atoms with Gasteiger partial charge >= 0.3 is 0 Å². The Morgan fingerprint density at radius 1 is 1.64 bits per heavy atom. The smallest absolute Gasteiger partial charge is 0.146 e. The average molecular weight is 222 g/mol. The highest BCUT2D eigenvalue weighted by Crippen LogP contribution is 2.04. The summed E-state index contributed by atoms with van der Waals surface area (Å²) in [6, 6.07) is 0. The molecule has 0 bridgehead atoms. The highest BCUT2D eigenvalue weighted by Gasteiger charge is 2.08. The maximum Gasteiger partial charge on any atom is 0.146 e. The first-order chi connectivity index (χ1) is 5.07. The van der Waals surface area contributed by atoms with Crippen molar-refractivity contribution in [2.24, 2.45) is 5.16 Å². The van der Waals surface area contributed by atoms with E-state index in [1.807, 2.05) is 0 Å². The van der Waals surface area contributed by atoms with E-state index in [9.17, 15) is 4.79 Å². The number of alkyl halides is 1. The van der Waals surface area contributed by atoms with Crippen molar-refractivity contribution in [3.63, 3.8) is 0 Å². The first-order valence-electron chi connectivity index (χ1n) is 3.42. The molecule has 0 aliphatic carbocycles.